The number of benzene rings is 8. The number of anilines is 4. The number of sulfonamides is 1. The summed E-state index contributed by atoms with van der Waals surface area (Å²) >= 11 is 21.9. The van der Waals surface area contributed by atoms with Crippen molar-refractivity contribution >= 4 is 146 Å². The highest BCUT2D eigenvalue weighted by Gasteiger charge is 2.41. The Morgan fingerprint density at radius 1 is 0.437 bits per heavy atom. The van der Waals surface area contributed by atoms with Crippen LogP contribution < -0.4 is 52.2 Å². The van der Waals surface area contributed by atoms with Crippen molar-refractivity contribution < 1.29 is 76.4 Å². The largest absolute Gasteiger partial charge is 0.496 e. The fourth-order valence-corrected chi connectivity index (χ4v) is 23.0. The summed E-state index contributed by atoms with van der Waals surface area (Å²) in [6.07, 6.45) is 12.9. The van der Waals surface area contributed by atoms with Gasteiger partial charge in [0.1, 0.15) is 40.2 Å². The highest BCUT2D eigenvalue weighted by molar-refractivity contribution is 9.11. The van der Waals surface area contributed by atoms with E-state index in [1.807, 2.05) is 113 Å². The molecular formula is C99H126Br6N4O16S. The molecule has 5 aliphatic heterocycles. The molecule has 14 rings (SSSR count). The van der Waals surface area contributed by atoms with Crippen LogP contribution in [0.25, 0.3) is 0 Å². The summed E-state index contributed by atoms with van der Waals surface area (Å²) in [4.78, 5) is 43.4. The van der Waals surface area contributed by atoms with Crippen LogP contribution in [0.1, 0.15) is 242 Å². The fraction of sp³-hybridized carbons (Fsp3) is 0.485. The van der Waals surface area contributed by atoms with Crippen LogP contribution >= 0.6 is 95.6 Å². The molecule has 0 saturated carbocycles. The maximum absolute atomic E-state index is 13.4. The number of rotatable bonds is 20. The molecule has 0 radical (unpaired) electrons. The average Bonchev–Trinajstić information content (AvgIpc) is 0.737. The minimum absolute atomic E-state index is 0.0161. The Morgan fingerprint density at radius 2 is 0.794 bits per heavy atom. The number of aliphatic hydroxyl groups excluding tert-OH is 4. The first-order valence-electron chi connectivity index (χ1n) is 43.5. The van der Waals surface area contributed by atoms with Gasteiger partial charge in [-0.25, -0.2) is 8.42 Å². The SMILES string of the molecule is CC[C@@H]1CCCc2c(Br)c(C)cc(OC)c21.CC[C@@H]1CCOc2c(Br)c(C)cc(OC)c21.COc1cc(C)c(Br)c2c1[C@H](CCO)CCN2C(=O)C(C)C.COc1cc(C)c(Br)c2c1[C@H](CCO)CCN2C(=O)c1ccccc1.COc1cc(C)c(Br)c2c1[C@H](CCO)CCN2C(C)=O.COc1cc(C)c(Br)c2c1[C@H](CCO)CCN2S(=O)(=O)c1ccc(C)cc1. The Morgan fingerprint density at radius 3 is 1.21 bits per heavy atom. The number of amides is 3. The lowest BCUT2D eigenvalue weighted by atomic mass is 9.80. The number of carbonyl (C=O) groups is 3. The molecule has 6 aliphatic rings. The number of fused-ring (bicyclic) bond motifs is 6. The van der Waals surface area contributed by atoms with Gasteiger partial charge >= 0.3 is 0 Å². The topological polar surface area (TPSA) is 244 Å². The normalized spacial score (nSPS) is 17.7. The Bertz CT molecular complexity index is 5170. The molecule has 3 amide bonds. The van der Waals surface area contributed by atoms with Crippen LogP contribution in [0.5, 0.6) is 40.2 Å². The number of aliphatic hydroxyl groups is 4. The van der Waals surface area contributed by atoms with Gasteiger partial charge in [-0.1, -0.05) is 79.5 Å². The number of hydrogen-bond donors (Lipinski definition) is 4. The van der Waals surface area contributed by atoms with E-state index in [9.17, 15) is 43.2 Å². The zero-order chi connectivity index (χ0) is 92.5. The van der Waals surface area contributed by atoms with Crippen LogP contribution in [0.4, 0.5) is 22.7 Å². The number of aryl methyl sites for hydroxylation is 7. The monoisotopic (exact) mass is 2130 g/mol. The number of nitrogens with zero attached hydrogens (tertiary/aromatic N) is 4. The van der Waals surface area contributed by atoms with Crippen molar-refractivity contribution in [1.82, 2.24) is 0 Å². The molecular weight excluding hydrogens is 2010 g/mol. The van der Waals surface area contributed by atoms with E-state index in [4.69, 9.17) is 33.2 Å². The summed E-state index contributed by atoms with van der Waals surface area (Å²) in [6.45, 7) is 27.5. The lowest BCUT2D eigenvalue weighted by Gasteiger charge is -2.37. The van der Waals surface area contributed by atoms with E-state index in [0.717, 1.165) is 168 Å². The Labute approximate surface area is 797 Å². The van der Waals surface area contributed by atoms with Crippen LogP contribution in [-0.2, 0) is 26.0 Å². The van der Waals surface area contributed by atoms with Crippen molar-refractivity contribution in [2.45, 2.75) is 213 Å². The van der Waals surface area contributed by atoms with Crippen LogP contribution in [0.2, 0.25) is 0 Å². The second kappa shape index (κ2) is 47.4. The summed E-state index contributed by atoms with van der Waals surface area (Å²) in [7, 11) is 6.34. The van der Waals surface area contributed by atoms with E-state index in [1.54, 1.807) is 78.7 Å². The second-order valence-electron chi connectivity index (χ2n) is 33.2. The molecule has 8 aromatic rings. The number of ether oxygens (including phenoxy) is 7. The van der Waals surface area contributed by atoms with E-state index in [0.29, 0.717) is 87.1 Å². The average molecular weight is 2140 g/mol. The van der Waals surface area contributed by atoms with Crippen molar-refractivity contribution in [1.29, 1.82) is 0 Å². The number of carbonyl (C=O) groups excluding carboxylic acids is 3. The molecule has 8 aromatic carbocycles. The summed E-state index contributed by atoms with van der Waals surface area (Å²) in [5.41, 5.74) is 19.5. The van der Waals surface area contributed by atoms with Gasteiger partial charge in [0, 0.05) is 127 Å². The molecule has 0 fully saturated rings. The second-order valence-corrected chi connectivity index (χ2v) is 39.8. The standard InChI is InChI=1S/C20H24BrNO4S.C20H22BrNO3.C17H24BrNO3.C15H20BrNO3.C14H19BrO.C13H17BrO2/c1-13-4-6-16(7-5-13)27(24,25)22-10-8-15(9-11-23)18-17(26-3)12-14(2)19(21)20(18)22;1-13-12-16(25-2)17-14(9-11-23)8-10-22(19(17)18(13)21)20(24)15-6-4-3-5-7-15;1-10(2)17(21)19-7-5-12(6-8-20)14-13(22-4)9-11(3)15(18)16(14)19;1-9-8-12(20-3)13-11(5-7-18)4-6-17(10(2)19)15(13)14(9)16;1-4-10-6-5-7-11-13(10)12(16-3)8-9(2)14(11)15;1-4-9-5-6-16-13-11(9)10(15-3)7-8(2)12(13)14/h4-7,12,15,23H,8-11H2,1-3H3;3-7,12,14,23H,8-11H2,1-2H3;9-10,12,20H,5-8H2,1-4H3;8,11,18H,4-7H2,1-3H3;8,10H,4-7H2,1-3H3;7,9H,4-6H2,1-3H3/t15-;14-;12-;11-;10-;9-/m000011/s1. The molecule has 5 heterocycles. The van der Waals surface area contributed by atoms with Gasteiger partial charge in [0.15, 0.2) is 0 Å². The number of methoxy groups -OCH3 is 6. The van der Waals surface area contributed by atoms with Crippen molar-refractivity contribution in [3.05, 3.63) is 201 Å². The molecule has 126 heavy (non-hydrogen) atoms. The third-order valence-electron chi connectivity index (χ3n) is 24.9. The van der Waals surface area contributed by atoms with Gasteiger partial charge in [0.2, 0.25) is 11.8 Å². The van der Waals surface area contributed by atoms with E-state index in [2.05, 4.69) is 135 Å². The molecule has 0 saturated heterocycles. The molecule has 4 N–H and O–H groups in total. The van der Waals surface area contributed by atoms with Crippen LogP contribution in [-0.4, -0.2) is 148 Å². The highest BCUT2D eigenvalue weighted by Crippen LogP contribution is 2.55. The smallest absolute Gasteiger partial charge is 0.264 e. The first kappa shape index (κ1) is 103. The molecule has 1 aliphatic carbocycles. The van der Waals surface area contributed by atoms with E-state index in [1.165, 1.54) is 56.7 Å². The molecule has 0 aromatic heterocycles. The maximum Gasteiger partial charge on any atom is 0.264 e. The zero-order valence-electron chi connectivity index (χ0n) is 76.1. The number of hydrogen-bond acceptors (Lipinski definition) is 16. The fourth-order valence-electron chi connectivity index (χ4n) is 18.2. The first-order chi connectivity index (χ1) is 60.2. The lowest BCUT2D eigenvalue weighted by Crippen LogP contribution is -2.39. The van der Waals surface area contributed by atoms with Gasteiger partial charge in [-0.15, -0.1) is 0 Å². The Hall–Kier alpha value is -6.76. The van der Waals surface area contributed by atoms with Gasteiger partial charge in [-0.2, -0.15) is 0 Å². The van der Waals surface area contributed by atoms with E-state index < -0.39 is 10.0 Å². The first-order valence-corrected chi connectivity index (χ1v) is 49.7. The minimum atomic E-state index is -3.71. The minimum Gasteiger partial charge on any atom is -0.496 e. The molecule has 6 atom stereocenters. The number of halogens is 6. The van der Waals surface area contributed by atoms with Crippen LogP contribution in [0.3, 0.4) is 0 Å². The highest BCUT2D eigenvalue weighted by atomic mass is 79.9. The van der Waals surface area contributed by atoms with Crippen molar-refractivity contribution in [2.75, 3.05) is 121 Å². The molecule has 686 valence electrons. The summed E-state index contributed by atoms with van der Waals surface area (Å²) < 4.78 is 73.3. The maximum atomic E-state index is 13.4. The van der Waals surface area contributed by atoms with Crippen molar-refractivity contribution in [2.24, 2.45) is 5.92 Å². The third-order valence-corrected chi connectivity index (χ3v) is 32.8. The summed E-state index contributed by atoms with van der Waals surface area (Å²) in [5.74, 6) is 8.02. The quantitative estimate of drug-likeness (QED) is 0.0554. The van der Waals surface area contributed by atoms with Crippen molar-refractivity contribution in [3.8, 4) is 40.2 Å². The molecule has 0 unspecified atom stereocenters. The van der Waals surface area contributed by atoms with E-state index >= 15 is 0 Å². The molecule has 0 bridgehead atoms. The summed E-state index contributed by atoms with van der Waals surface area (Å²) in [5, 5.41) is 37.6. The van der Waals surface area contributed by atoms with Gasteiger partial charge in [0.25, 0.3) is 15.9 Å². The molecule has 0 spiro atoms. The third kappa shape index (κ3) is 22.9. The predicted molar refractivity (Wildman–Crippen MR) is 527 cm³/mol. The Kier molecular flexibility index (Phi) is 38.7. The van der Waals surface area contributed by atoms with Crippen LogP contribution in [0, 0.1) is 54.4 Å². The Balaban J connectivity index is 0.000000173. The molecule has 20 nitrogen and oxygen atoms in total. The van der Waals surface area contributed by atoms with Gasteiger partial charge < -0.3 is 68.3 Å². The summed E-state index contributed by atoms with van der Waals surface area (Å²) in [6, 6.07) is 28.3. The van der Waals surface area contributed by atoms with Gasteiger partial charge in [-0.05, 0) is 353 Å². The lowest BCUT2D eigenvalue weighted by molar-refractivity contribution is -0.121. The predicted octanol–water partition coefficient (Wildman–Crippen LogP) is 23.7. The van der Waals surface area contributed by atoms with Gasteiger partial charge in [0.05, 0.1) is 81.4 Å². The van der Waals surface area contributed by atoms with E-state index in [-0.39, 0.29) is 78.6 Å². The van der Waals surface area contributed by atoms with Gasteiger partial charge in [-0.3, -0.25) is 18.7 Å². The van der Waals surface area contributed by atoms with Crippen molar-refractivity contribution in [3.63, 3.8) is 0 Å². The molecule has 27 heteroatoms. The zero-order valence-corrected chi connectivity index (χ0v) is 86.5. The van der Waals surface area contributed by atoms with Crippen LogP contribution in [0.15, 0.2) is 123 Å².